The van der Waals surface area contributed by atoms with Crippen LogP contribution in [-0.2, 0) is 9.47 Å². The number of carbonyl (C=O) groups is 2. The average molecular weight is 370 g/mol. The van der Waals surface area contributed by atoms with Gasteiger partial charge in [-0.25, -0.2) is 9.59 Å². The van der Waals surface area contributed by atoms with E-state index in [9.17, 15) is 9.59 Å². The van der Waals surface area contributed by atoms with Crippen molar-refractivity contribution in [1.82, 2.24) is 0 Å². The molecule has 1 saturated heterocycles. The van der Waals surface area contributed by atoms with Crippen molar-refractivity contribution in [2.75, 3.05) is 19.8 Å². The molecule has 142 valence electrons. The van der Waals surface area contributed by atoms with E-state index in [1.54, 1.807) is 48.5 Å². The Morgan fingerprint density at radius 3 is 2.19 bits per heavy atom. The largest absolute Gasteiger partial charge is 0.494 e. The van der Waals surface area contributed by atoms with Gasteiger partial charge < -0.3 is 18.9 Å². The van der Waals surface area contributed by atoms with Crippen LogP contribution in [0.15, 0.2) is 48.5 Å². The molecule has 1 atom stereocenters. The first kappa shape index (κ1) is 18.9. The summed E-state index contributed by atoms with van der Waals surface area (Å²) in [5.74, 6) is 0.145. The Bertz CT molecular complexity index is 760. The Kier molecular flexibility index (Phi) is 6.44. The molecule has 1 aliphatic heterocycles. The fraction of sp³-hybridized carbons (Fsp3) is 0.333. The third-order valence-corrected chi connectivity index (χ3v) is 4.13. The molecule has 27 heavy (non-hydrogen) atoms. The van der Waals surface area contributed by atoms with Crippen molar-refractivity contribution in [3.05, 3.63) is 59.7 Å². The SMILES string of the molecule is CCOc1ccc(C(=O)Oc2ccc(C(=O)OCC3CCCO3)cc2)cc1. The number of hydrogen-bond donors (Lipinski definition) is 0. The van der Waals surface area contributed by atoms with Gasteiger partial charge in [-0.05, 0) is 68.3 Å². The van der Waals surface area contributed by atoms with Gasteiger partial charge in [-0.1, -0.05) is 0 Å². The van der Waals surface area contributed by atoms with Crippen molar-refractivity contribution in [3.63, 3.8) is 0 Å². The lowest BCUT2D eigenvalue weighted by Gasteiger charge is -2.10. The molecule has 0 aliphatic carbocycles. The second-order valence-corrected chi connectivity index (χ2v) is 6.10. The van der Waals surface area contributed by atoms with Gasteiger partial charge in [0.05, 0.1) is 23.8 Å². The summed E-state index contributed by atoms with van der Waals surface area (Å²) in [4.78, 5) is 24.2. The van der Waals surface area contributed by atoms with Crippen LogP contribution in [0.1, 0.15) is 40.5 Å². The summed E-state index contributed by atoms with van der Waals surface area (Å²) in [5.41, 5.74) is 0.812. The predicted molar refractivity (Wildman–Crippen MR) is 98.3 cm³/mol. The molecular weight excluding hydrogens is 348 g/mol. The number of esters is 2. The van der Waals surface area contributed by atoms with E-state index in [1.165, 1.54) is 0 Å². The number of hydrogen-bond acceptors (Lipinski definition) is 6. The van der Waals surface area contributed by atoms with Gasteiger partial charge >= 0.3 is 11.9 Å². The highest BCUT2D eigenvalue weighted by atomic mass is 16.6. The number of benzene rings is 2. The Labute approximate surface area is 158 Å². The molecule has 2 aromatic rings. The van der Waals surface area contributed by atoms with Crippen LogP contribution < -0.4 is 9.47 Å². The van der Waals surface area contributed by atoms with Gasteiger partial charge in [-0.3, -0.25) is 0 Å². The summed E-state index contributed by atoms with van der Waals surface area (Å²) in [5, 5.41) is 0. The van der Waals surface area contributed by atoms with Gasteiger partial charge in [0.1, 0.15) is 18.1 Å². The van der Waals surface area contributed by atoms with Gasteiger partial charge in [-0.2, -0.15) is 0 Å². The summed E-state index contributed by atoms with van der Waals surface area (Å²) in [6.45, 7) is 3.43. The molecule has 6 heteroatoms. The van der Waals surface area contributed by atoms with Crippen LogP contribution in [0.2, 0.25) is 0 Å². The maximum Gasteiger partial charge on any atom is 0.343 e. The highest BCUT2D eigenvalue weighted by Crippen LogP contribution is 2.18. The van der Waals surface area contributed by atoms with Gasteiger partial charge in [0.2, 0.25) is 0 Å². The Hall–Kier alpha value is -2.86. The van der Waals surface area contributed by atoms with Crippen molar-refractivity contribution < 1.29 is 28.5 Å². The van der Waals surface area contributed by atoms with E-state index in [0.717, 1.165) is 19.4 Å². The molecule has 0 saturated carbocycles. The van der Waals surface area contributed by atoms with Crippen molar-refractivity contribution in [1.29, 1.82) is 0 Å². The van der Waals surface area contributed by atoms with Gasteiger partial charge in [-0.15, -0.1) is 0 Å². The van der Waals surface area contributed by atoms with E-state index in [4.69, 9.17) is 18.9 Å². The first-order valence-electron chi connectivity index (χ1n) is 8.99. The zero-order chi connectivity index (χ0) is 19.1. The van der Waals surface area contributed by atoms with Crippen LogP contribution in [0.5, 0.6) is 11.5 Å². The van der Waals surface area contributed by atoms with E-state index in [2.05, 4.69) is 0 Å². The van der Waals surface area contributed by atoms with Gasteiger partial charge in [0.15, 0.2) is 0 Å². The van der Waals surface area contributed by atoms with Crippen LogP contribution in [0.3, 0.4) is 0 Å². The smallest absolute Gasteiger partial charge is 0.343 e. The first-order chi connectivity index (χ1) is 13.2. The molecule has 0 N–H and O–H groups in total. The minimum atomic E-state index is -0.480. The molecule has 1 unspecified atom stereocenters. The molecule has 0 spiro atoms. The summed E-state index contributed by atoms with van der Waals surface area (Å²) in [6.07, 6.45) is 1.90. The van der Waals surface area contributed by atoms with Crippen LogP contribution in [0.25, 0.3) is 0 Å². The maximum atomic E-state index is 12.2. The lowest BCUT2D eigenvalue weighted by molar-refractivity contribution is 0.0161. The predicted octanol–water partition coefficient (Wildman–Crippen LogP) is 3.64. The van der Waals surface area contributed by atoms with Crippen molar-refractivity contribution in [3.8, 4) is 11.5 Å². The topological polar surface area (TPSA) is 71.1 Å². The summed E-state index contributed by atoms with van der Waals surface area (Å²) in [6, 6.07) is 13.0. The molecule has 0 radical (unpaired) electrons. The lowest BCUT2D eigenvalue weighted by Crippen LogP contribution is -2.17. The van der Waals surface area contributed by atoms with E-state index in [0.29, 0.717) is 29.2 Å². The zero-order valence-corrected chi connectivity index (χ0v) is 15.2. The molecule has 0 amide bonds. The summed E-state index contributed by atoms with van der Waals surface area (Å²) >= 11 is 0. The Morgan fingerprint density at radius 2 is 1.59 bits per heavy atom. The van der Waals surface area contributed by atoms with Crippen LogP contribution in [-0.4, -0.2) is 37.9 Å². The number of carbonyl (C=O) groups excluding carboxylic acids is 2. The number of ether oxygens (including phenoxy) is 4. The summed E-state index contributed by atoms with van der Waals surface area (Å²) in [7, 11) is 0. The molecule has 0 aromatic heterocycles. The van der Waals surface area contributed by atoms with Crippen LogP contribution in [0, 0.1) is 0 Å². The molecule has 0 bridgehead atoms. The monoisotopic (exact) mass is 370 g/mol. The molecular formula is C21H22O6. The third-order valence-electron chi connectivity index (χ3n) is 4.13. The van der Waals surface area contributed by atoms with E-state index < -0.39 is 11.9 Å². The minimum Gasteiger partial charge on any atom is -0.494 e. The highest BCUT2D eigenvalue weighted by Gasteiger charge is 2.18. The Balaban J connectivity index is 1.53. The van der Waals surface area contributed by atoms with Gasteiger partial charge in [0, 0.05) is 6.61 Å². The number of rotatable bonds is 7. The van der Waals surface area contributed by atoms with Crippen LogP contribution >= 0.6 is 0 Å². The van der Waals surface area contributed by atoms with E-state index in [1.807, 2.05) is 6.92 Å². The Morgan fingerprint density at radius 1 is 0.963 bits per heavy atom. The standard InChI is InChI=1S/C21H22O6/c1-2-24-17-9-5-16(6-10-17)21(23)27-18-11-7-15(8-12-18)20(22)26-14-19-4-3-13-25-19/h5-12,19H,2-4,13-14H2,1H3. The van der Waals surface area contributed by atoms with E-state index in [-0.39, 0.29) is 12.7 Å². The van der Waals surface area contributed by atoms with E-state index >= 15 is 0 Å². The fourth-order valence-corrected chi connectivity index (χ4v) is 2.71. The quantitative estimate of drug-likeness (QED) is 0.547. The van der Waals surface area contributed by atoms with Crippen molar-refractivity contribution in [2.45, 2.75) is 25.9 Å². The average Bonchev–Trinajstić information content (AvgIpc) is 3.21. The van der Waals surface area contributed by atoms with Gasteiger partial charge in [0.25, 0.3) is 0 Å². The zero-order valence-electron chi connectivity index (χ0n) is 15.2. The molecule has 6 nitrogen and oxygen atoms in total. The molecule has 1 aliphatic rings. The minimum absolute atomic E-state index is 0.0108. The highest BCUT2D eigenvalue weighted by molar-refractivity contribution is 5.92. The molecule has 2 aromatic carbocycles. The third kappa shape index (κ3) is 5.31. The normalized spacial score (nSPS) is 16.0. The second kappa shape index (κ2) is 9.19. The van der Waals surface area contributed by atoms with Crippen molar-refractivity contribution in [2.24, 2.45) is 0 Å². The molecule has 1 fully saturated rings. The molecule has 1 heterocycles. The first-order valence-corrected chi connectivity index (χ1v) is 8.99. The summed E-state index contributed by atoms with van der Waals surface area (Å²) < 4.78 is 21.3. The second-order valence-electron chi connectivity index (χ2n) is 6.10. The lowest BCUT2D eigenvalue weighted by atomic mass is 10.2. The maximum absolute atomic E-state index is 12.2. The molecule has 3 rings (SSSR count). The van der Waals surface area contributed by atoms with Crippen LogP contribution in [0.4, 0.5) is 0 Å². The van der Waals surface area contributed by atoms with Crippen molar-refractivity contribution >= 4 is 11.9 Å². The fourth-order valence-electron chi connectivity index (χ4n) is 2.71.